The monoisotopic (exact) mass is 306 g/mol. The van der Waals surface area contributed by atoms with Crippen LogP contribution in [0.2, 0.25) is 0 Å². The van der Waals surface area contributed by atoms with E-state index in [4.69, 9.17) is 5.73 Å². The Hall–Kier alpha value is -2.12. The summed E-state index contributed by atoms with van der Waals surface area (Å²) >= 11 is 0. The molecular formula is C13H14F4N2O2. The molecule has 1 aromatic rings. The molecule has 8 heteroatoms. The number of hydrogen-bond acceptors (Lipinski definition) is 2. The van der Waals surface area contributed by atoms with Gasteiger partial charge in [-0.25, -0.2) is 4.39 Å². The third-order valence-corrected chi connectivity index (χ3v) is 2.74. The predicted molar refractivity (Wildman–Crippen MR) is 66.8 cm³/mol. The summed E-state index contributed by atoms with van der Waals surface area (Å²) in [6.45, 7) is 1.58. The van der Waals surface area contributed by atoms with E-state index < -0.39 is 35.4 Å². The van der Waals surface area contributed by atoms with Gasteiger partial charge in [0.05, 0.1) is 5.56 Å². The third-order valence-electron chi connectivity index (χ3n) is 2.74. The Balaban J connectivity index is 2.82. The van der Waals surface area contributed by atoms with Gasteiger partial charge in [0.2, 0.25) is 5.91 Å². The molecule has 0 fully saturated rings. The summed E-state index contributed by atoms with van der Waals surface area (Å²) in [6.07, 6.45) is -4.58. The van der Waals surface area contributed by atoms with Gasteiger partial charge in [0.1, 0.15) is 5.82 Å². The van der Waals surface area contributed by atoms with Crippen LogP contribution in [-0.2, 0) is 11.0 Å². The average molecular weight is 306 g/mol. The van der Waals surface area contributed by atoms with E-state index in [0.29, 0.717) is 12.1 Å². The number of alkyl halides is 3. The lowest BCUT2D eigenvalue weighted by molar-refractivity contribution is -0.140. The molecule has 3 N–H and O–H groups in total. The second kappa shape index (κ2) is 6.55. The maximum atomic E-state index is 13.1. The number of amides is 2. The van der Waals surface area contributed by atoms with Crippen LogP contribution in [0.15, 0.2) is 18.2 Å². The van der Waals surface area contributed by atoms with Crippen LogP contribution in [0.25, 0.3) is 0 Å². The van der Waals surface area contributed by atoms with E-state index in [9.17, 15) is 27.2 Å². The standard InChI is InChI=1S/C13H14F4N2O2/c1-7(2-5-11(18)20)19-12(21)8-3-4-10(14)9(6-8)13(15,16)17/h3-4,6-7H,2,5H2,1H3,(H2,18,20)(H,19,21). The molecule has 0 saturated heterocycles. The van der Waals surface area contributed by atoms with Gasteiger partial charge in [-0.1, -0.05) is 0 Å². The Morgan fingerprint density at radius 3 is 2.48 bits per heavy atom. The largest absolute Gasteiger partial charge is 0.419 e. The van der Waals surface area contributed by atoms with E-state index in [-0.39, 0.29) is 18.4 Å². The average Bonchev–Trinajstić information content (AvgIpc) is 2.35. The molecule has 1 aromatic carbocycles. The van der Waals surface area contributed by atoms with Gasteiger partial charge in [0.15, 0.2) is 0 Å². The molecule has 0 aliphatic heterocycles. The topological polar surface area (TPSA) is 72.2 Å². The lowest BCUT2D eigenvalue weighted by atomic mass is 10.1. The van der Waals surface area contributed by atoms with Gasteiger partial charge in [0.25, 0.3) is 5.91 Å². The van der Waals surface area contributed by atoms with Crippen molar-refractivity contribution in [2.45, 2.75) is 32.0 Å². The maximum absolute atomic E-state index is 13.1. The number of rotatable bonds is 5. The normalized spacial score (nSPS) is 12.8. The Bertz CT molecular complexity index is 543. The highest BCUT2D eigenvalue weighted by atomic mass is 19.4. The molecule has 1 atom stereocenters. The molecule has 0 radical (unpaired) electrons. The number of carbonyl (C=O) groups excluding carboxylic acids is 2. The van der Waals surface area contributed by atoms with Crippen molar-refractivity contribution in [1.82, 2.24) is 5.32 Å². The highest BCUT2D eigenvalue weighted by Gasteiger charge is 2.34. The molecule has 4 nitrogen and oxygen atoms in total. The van der Waals surface area contributed by atoms with E-state index >= 15 is 0 Å². The summed E-state index contributed by atoms with van der Waals surface area (Å²) in [4.78, 5) is 22.4. The summed E-state index contributed by atoms with van der Waals surface area (Å²) in [5.74, 6) is -2.77. The number of halogens is 4. The highest BCUT2D eigenvalue weighted by Crippen LogP contribution is 2.31. The summed E-state index contributed by atoms with van der Waals surface area (Å²) in [6, 6.07) is 1.54. The first-order chi connectivity index (χ1) is 9.61. The number of carbonyl (C=O) groups is 2. The van der Waals surface area contributed by atoms with Crippen molar-refractivity contribution in [2.24, 2.45) is 5.73 Å². The van der Waals surface area contributed by atoms with E-state index in [1.165, 1.54) is 0 Å². The first-order valence-corrected chi connectivity index (χ1v) is 6.07. The van der Waals surface area contributed by atoms with Crippen LogP contribution in [0.3, 0.4) is 0 Å². The molecule has 0 aromatic heterocycles. The van der Waals surface area contributed by atoms with Crippen molar-refractivity contribution < 1.29 is 27.2 Å². The quantitative estimate of drug-likeness (QED) is 0.819. The summed E-state index contributed by atoms with van der Waals surface area (Å²) in [7, 11) is 0. The Labute approximate surface area is 118 Å². The first kappa shape index (κ1) is 16.9. The van der Waals surface area contributed by atoms with Gasteiger partial charge >= 0.3 is 6.18 Å². The van der Waals surface area contributed by atoms with Crippen molar-refractivity contribution in [3.63, 3.8) is 0 Å². The molecule has 0 heterocycles. The van der Waals surface area contributed by atoms with Gasteiger partial charge in [-0.15, -0.1) is 0 Å². The van der Waals surface area contributed by atoms with Crippen LogP contribution < -0.4 is 11.1 Å². The summed E-state index contributed by atoms with van der Waals surface area (Å²) in [5.41, 5.74) is 3.14. The Morgan fingerprint density at radius 2 is 1.95 bits per heavy atom. The van der Waals surface area contributed by atoms with Gasteiger partial charge in [0, 0.05) is 18.0 Å². The number of hydrogen-bond donors (Lipinski definition) is 2. The van der Waals surface area contributed by atoms with Gasteiger partial charge in [-0.3, -0.25) is 9.59 Å². The number of primary amides is 1. The molecule has 0 aliphatic carbocycles. The molecule has 1 rings (SSSR count). The zero-order chi connectivity index (χ0) is 16.2. The highest BCUT2D eigenvalue weighted by molar-refractivity contribution is 5.94. The molecule has 0 saturated carbocycles. The van der Waals surface area contributed by atoms with Crippen LogP contribution in [0, 0.1) is 5.82 Å². The molecule has 0 bridgehead atoms. The fourth-order valence-corrected chi connectivity index (χ4v) is 1.62. The number of benzene rings is 1. The molecule has 21 heavy (non-hydrogen) atoms. The van der Waals surface area contributed by atoms with E-state index in [0.717, 1.165) is 6.07 Å². The molecule has 1 unspecified atom stereocenters. The Kier molecular flexibility index (Phi) is 5.28. The van der Waals surface area contributed by atoms with Crippen molar-refractivity contribution in [3.05, 3.63) is 35.1 Å². The molecule has 0 spiro atoms. The van der Waals surface area contributed by atoms with Gasteiger partial charge in [-0.05, 0) is 31.5 Å². The van der Waals surface area contributed by atoms with E-state index in [1.54, 1.807) is 6.92 Å². The van der Waals surface area contributed by atoms with Crippen LogP contribution >= 0.6 is 0 Å². The fourth-order valence-electron chi connectivity index (χ4n) is 1.62. The van der Waals surface area contributed by atoms with Gasteiger partial charge < -0.3 is 11.1 Å². The minimum absolute atomic E-state index is 0.0403. The maximum Gasteiger partial charge on any atom is 0.419 e. The summed E-state index contributed by atoms with van der Waals surface area (Å²) < 4.78 is 50.7. The lowest BCUT2D eigenvalue weighted by Crippen LogP contribution is -2.33. The van der Waals surface area contributed by atoms with Gasteiger partial charge in [-0.2, -0.15) is 13.2 Å². The Morgan fingerprint density at radius 1 is 1.33 bits per heavy atom. The SMILES string of the molecule is CC(CCC(N)=O)NC(=O)c1ccc(F)c(C(F)(F)F)c1. The third kappa shape index (κ3) is 5.05. The molecule has 0 aliphatic rings. The second-order valence-electron chi connectivity index (χ2n) is 4.57. The molecular weight excluding hydrogens is 292 g/mol. The molecule has 2 amide bonds. The van der Waals surface area contributed by atoms with E-state index in [2.05, 4.69) is 5.32 Å². The van der Waals surface area contributed by atoms with Crippen molar-refractivity contribution >= 4 is 11.8 Å². The van der Waals surface area contributed by atoms with Crippen LogP contribution in [0.4, 0.5) is 17.6 Å². The number of nitrogens with two attached hydrogens (primary N) is 1. The number of nitrogens with one attached hydrogen (secondary N) is 1. The van der Waals surface area contributed by atoms with Crippen LogP contribution in [0.1, 0.15) is 35.7 Å². The van der Waals surface area contributed by atoms with E-state index in [1.807, 2.05) is 0 Å². The predicted octanol–water partition coefficient (Wildman–Crippen LogP) is 2.23. The minimum atomic E-state index is -4.88. The zero-order valence-corrected chi connectivity index (χ0v) is 11.1. The van der Waals surface area contributed by atoms with Crippen molar-refractivity contribution in [3.8, 4) is 0 Å². The van der Waals surface area contributed by atoms with Crippen LogP contribution in [0.5, 0.6) is 0 Å². The fraction of sp³-hybridized carbons (Fsp3) is 0.385. The minimum Gasteiger partial charge on any atom is -0.370 e. The van der Waals surface area contributed by atoms with Crippen LogP contribution in [-0.4, -0.2) is 17.9 Å². The smallest absolute Gasteiger partial charge is 0.370 e. The van der Waals surface area contributed by atoms with Crippen molar-refractivity contribution in [2.75, 3.05) is 0 Å². The molecule has 116 valence electrons. The lowest BCUT2D eigenvalue weighted by Gasteiger charge is -2.14. The summed E-state index contributed by atoms with van der Waals surface area (Å²) in [5, 5.41) is 2.41. The second-order valence-corrected chi connectivity index (χ2v) is 4.57. The van der Waals surface area contributed by atoms with Crippen molar-refractivity contribution in [1.29, 1.82) is 0 Å². The first-order valence-electron chi connectivity index (χ1n) is 6.07. The zero-order valence-electron chi connectivity index (χ0n) is 11.1.